The lowest BCUT2D eigenvalue weighted by atomic mass is 10.2. The van der Waals surface area contributed by atoms with Crippen molar-refractivity contribution in [3.05, 3.63) is 21.9 Å². The molecule has 2 N–H and O–H groups in total. The monoisotopic (exact) mass is 549 g/mol. The van der Waals surface area contributed by atoms with Crippen molar-refractivity contribution in [2.24, 2.45) is 4.99 Å². The molecule has 29 heavy (non-hydrogen) atoms. The maximum atomic E-state index is 4.47. The molecule has 0 unspecified atom stereocenters. The number of hydrogen-bond donors (Lipinski definition) is 2. The van der Waals surface area contributed by atoms with E-state index in [9.17, 15) is 0 Å². The first kappa shape index (κ1) is 24.4. The maximum Gasteiger partial charge on any atom is 0.191 e. The molecule has 2 aromatic heterocycles. The molecule has 7 nitrogen and oxygen atoms in total. The highest BCUT2D eigenvalue weighted by Crippen LogP contribution is 2.33. The van der Waals surface area contributed by atoms with Crippen molar-refractivity contribution >= 4 is 53.0 Å². The van der Waals surface area contributed by atoms with Gasteiger partial charge >= 0.3 is 0 Å². The smallest absolute Gasteiger partial charge is 0.191 e. The van der Waals surface area contributed by atoms with E-state index in [0.717, 1.165) is 54.3 Å². The Morgan fingerprint density at radius 2 is 2.00 bits per heavy atom. The molecule has 162 valence electrons. The first-order chi connectivity index (χ1) is 13.7. The van der Waals surface area contributed by atoms with Crippen molar-refractivity contribution in [2.75, 3.05) is 26.4 Å². The van der Waals surface area contributed by atoms with E-state index in [0.29, 0.717) is 6.04 Å². The summed E-state index contributed by atoms with van der Waals surface area (Å²) in [6.07, 6.45) is 12.0. The average Bonchev–Trinajstić information content (AvgIpc) is 3.44. The van der Waals surface area contributed by atoms with Gasteiger partial charge in [-0.2, -0.15) is 0 Å². The molecule has 1 saturated carbocycles. The summed E-state index contributed by atoms with van der Waals surface area (Å²) in [6.45, 7) is 3.78. The summed E-state index contributed by atoms with van der Waals surface area (Å²) < 4.78 is 2.39. The molecule has 0 saturated heterocycles. The Balaban J connectivity index is 0.00000300. The second kappa shape index (κ2) is 12.7. The Bertz CT molecular complexity index is 768. The highest BCUT2D eigenvalue weighted by molar-refractivity contribution is 14.0. The fraction of sp³-hybridized carbons (Fsp3) is 0.684. The Morgan fingerprint density at radius 3 is 2.66 bits per heavy atom. The molecule has 0 aliphatic heterocycles. The predicted molar refractivity (Wildman–Crippen MR) is 133 cm³/mol. The van der Waals surface area contributed by atoms with Gasteiger partial charge in [0, 0.05) is 50.1 Å². The highest BCUT2D eigenvalue weighted by atomic mass is 127. The third-order valence-electron chi connectivity index (χ3n) is 5.00. The van der Waals surface area contributed by atoms with Gasteiger partial charge in [-0.15, -0.1) is 45.5 Å². The summed E-state index contributed by atoms with van der Waals surface area (Å²) in [5, 5.41) is 17.8. The predicted octanol–water partition coefficient (Wildman–Crippen LogP) is 3.84. The Kier molecular flexibility index (Phi) is 10.7. The summed E-state index contributed by atoms with van der Waals surface area (Å²) in [5.41, 5.74) is 0. The molecule has 10 heteroatoms. The van der Waals surface area contributed by atoms with Crippen molar-refractivity contribution in [3.63, 3.8) is 0 Å². The minimum atomic E-state index is 0. The lowest BCUT2D eigenvalue weighted by Gasteiger charge is -2.16. The average molecular weight is 550 g/mol. The lowest BCUT2D eigenvalue weighted by molar-refractivity contribution is 0.460. The van der Waals surface area contributed by atoms with Crippen molar-refractivity contribution in [1.29, 1.82) is 0 Å². The topological polar surface area (TPSA) is 80.0 Å². The first-order valence-electron chi connectivity index (χ1n) is 10.0. The van der Waals surface area contributed by atoms with Gasteiger partial charge in [-0.3, -0.25) is 4.99 Å². The van der Waals surface area contributed by atoms with Crippen LogP contribution < -0.4 is 10.6 Å². The molecule has 2 aromatic rings. The van der Waals surface area contributed by atoms with E-state index >= 15 is 0 Å². The van der Waals surface area contributed by atoms with E-state index in [1.165, 1.54) is 30.6 Å². The molecule has 1 fully saturated rings. The summed E-state index contributed by atoms with van der Waals surface area (Å²) in [4.78, 5) is 9.96. The van der Waals surface area contributed by atoms with E-state index in [1.807, 2.05) is 13.2 Å². The van der Waals surface area contributed by atoms with Crippen molar-refractivity contribution < 1.29 is 0 Å². The zero-order chi connectivity index (χ0) is 19.8. The number of thioether (sulfide) groups is 1. The summed E-state index contributed by atoms with van der Waals surface area (Å²) in [5.74, 6) is 1.97. The number of nitrogens with zero attached hydrogens (tertiary/aromatic N) is 5. The molecule has 0 aromatic carbocycles. The van der Waals surface area contributed by atoms with Crippen LogP contribution in [0.4, 0.5) is 0 Å². The third-order valence-corrected chi connectivity index (χ3v) is 6.62. The van der Waals surface area contributed by atoms with Gasteiger partial charge in [0.1, 0.15) is 5.82 Å². The molecule has 1 aliphatic carbocycles. The number of rotatable bonds is 9. The van der Waals surface area contributed by atoms with Gasteiger partial charge in [-0.05, 0) is 32.4 Å². The summed E-state index contributed by atoms with van der Waals surface area (Å²) in [7, 11) is 1.81. The standard InChI is InChI=1S/C19H31N7S2.HI/c1-14-13-23-17(28-14)10-12-22-18(20-2)21-11-6-9-16-24-25-19(27-3)26(16)15-7-4-5-8-15;/h13,15H,4-12H2,1-3H3,(H2,20,21,22);1H. The van der Waals surface area contributed by atoms with E-state index in [1.54, 1.807) is 23.1 Å². The van der Waals surface area contributed by atoms with Crippen LogP contribution in [0.1, 0.15) is 53.9 Å². The van der Waals surface area contributed by atoms with Gasteiger partial charge in [-0.25, -0.2) is 4.98 Å². The minimum absolute atomic E-state index is 0. The van der Waals surface area contributed by atoms with Gasteiger partial charge in [-0.1, -0.05) is 24.6 Å². The molecular formula is C19H32IN7S2. The summed E-state index contributed by atoms with van der Waals surface area (Å²) >= 11 is 3.45. The van der Waals surface area contributed by atoms with Gasteiger partial charge in [0.2, 0.25) is 0 Å². The maximum absolute atomic E-state index is 4.47. The number of nitrogens with one attached hydrogen (secondary N) is 2. The second-order valence-electron chi connectivity index (χ2n) is 7.06. The Labute approximate surface area is 199 Å². The molecule has 0 spiro atoms. The number of aromatic nitrogens is 4. The van der Waals surface area contributed by atoms with E-state index in [-0.39, 0.29) is 24.0 Å². The van der Waals surface area contributed by atoms with Crippen molar-refractivity contribution in [2.45, 2.75) is 63.1 Å². The molecule has 2 heterocycles. The molecule has 0 bridgehead atoms. The number of thiazole rings is 1. The number of aryl methyl sites for hydroxylation is 2. The number of aliphatic imine (C=N–C) groups is 1. The van der Waals surface area contributed by atoms with Crippen LogP contribution in [-0.4, -0.2) is 52.1 Å². The normalized spacial score (nSPS) is 14.8. The van der Waals surface area contributed by atoms with Crippen LogP contribution in [-0.2, 0) is 12.8 Å². The van der Waals surface area contributed by atoms with Crippen LogP contribution >= 0.6 is 47.1 Å². The number of guanidine groups is 1. The van der Waals surface area contributed by atoms with E-state index < -0.39 is 0 Å². The van der Waals surface area contributed by atoms with Crippen molar-refractivity contribution in [3.8, 4) is 0 Å². The Hall–Kier alpha value is -0.880. The first-order valence-corrected chi connectivity index (χ1v) is 12.1. The number of halogens is 1. The zero-order valence-corrected chi connectivity index (χ0v) is 21.4. The van der Waals surface area contributed by atoms with Crippen molar-refractivity contribution in [1.82, 2.24) is 30.4 Å². The van der Waals surface area contributed by atoms with Crippen LogP contribution in [0.15, 0.2) is 16.3 Å². The van der Waals surface area contributed by atoms with Crippen LogP contribution in [0.3, 0.4) is 0 Å². The SMILES string of the molecule is CN=C(NCCCc1nnc(SC)n1C1CCCC1)NCCc1ncc(C)s1.I. The highest BCUT2D eigenvalue weighted by Gasteiger charge is 2.23. The van der Waals surface area contributed by atoms with Crippen LogP contribution in [0.5, 0.6) is 0 Å². The largest absolute Gasteiger partial charge is 0.356 e. The van der Waals surface area contributed by atoms with Crippen LogP contribution in [0.2, 0.25) is 0 Å². The number of hydrogen-bond acceptors (Lipinski definition) is 6. The minimum Gasteiger partial charge on any atom is -0.356 e. The van der Waals surface area contributed by atoms with Gasteiger partial charge in [0.15, 0.2) is 11.1 Å². The van der Waals surface area contributed by atoms with E-state index in [2.05, 4.69) is 48.6 Å². The lowest BCUT2D eigenvalue weighted by Crippen LogP contribution is -2.38. The Morgan fingerprint density at radius 1 is 1.24 bits per heavy atom. The molecule has 0 amide bonds. The molecule has 0 atom stereocenters. The van der Waals surface area contributed by atoms with Crippen LogP contribution in [0.25, 0.3) is 0 Å². The molecule has 1 aliphatic rings. The van der Waals surface area contributed by atoms with Gasteiger partial charge in [0.05, 0.1) is 5.01 Å². The fourth-order valence-electron chi connectivity index (χ4n) is 3.63. The summed E-state index contributed by atoms with van der Waals surface area (Å²) in [6, 6.07) is 0.587. The molecular weight excluding hydrogens is 517 g/mol. The molecule has 3 rings (SSSR count). The second-order valence-corrected chi connectivity index (χ2v) is 9.15. The zero-order valence-electron chi connectivity index (χ0n) is 17.5. The van der Waals surface area contributed by atoms with E-state index in [4.69, 9.17) is 0 Å². The van der Waals surface area contributed by atoms with Gasteiger partial charge < -0.3 is 15.2 Å². The fourth-order valence-corrected chi connectivity index (χ4v) is 4.99. The van der Waals surface area contributed by atoms with Crippen LogP contribution in [0, 0.1) is 6.92 Å². The van der Waals surface area contributed by atoms with Gasteiger partial charge in [0.25, 0.3) is 0 Å². The quantitative estimate of drug-likeness (QED) is 0.163. The molecule has 0 radical (unpaired) electrons. The third kappa shape index (κ3) is 7.09.